The van der Waals surface area contributed by atoms with Crippen LogP contribution in [0.25, 0.3) is 0 Å². The maximum Gasteiger partial charge on any atom is 0.251 e. The number of rotatable bonds is 6. The number of anilines is 1. The zero-order valence-electron chi connectivity index (χ0n) is 12.2. The second-order valence-electron chi connectivity index (χ2n) is 5.17. The fourth-order valence-electron chi connectivity index (χ4n) is 2.47. The molecule has 0 spiro atoms. The zero-order chi connectivity index (χ0) is 14.4. The molecule has 2 rings (SSSR count). The Bertz CT molecular complexity index is 456. The number of carbonyl (C=O) groups excluding carboxylic acids is 1. The molecule has 1 heterocycles. The molecule has 0 aliphatic heterocycles. The monoisotopic (exact) mass is 277 g/mol. The highest BCUT2D eigenvalue weighted by Crippen LogP contribution is 2.20. The standard InChI is InChI=1S/C15H23N3O2/c1-11-9-12(10-14(16-2)18-11)15(19)17-7-8-20-13-5-3-4-6-13/h9-10,13H,3-8H2,1-2H3,(H,16,18)(H,17,19). The Morgan fingerprint density at radius 1 is 1.40 bits per heavy atom. The van der Waals surface area contributed by atoms with Gasteiger partial charge in [-0.05, 0) is 31.9 Å². The van der Waals surface area contributed by atoms with Gasteiger partial charge in [-0.2, -0.15) is 0 Å². The van der Waals surface area contributed by atoms with Gasteiger partial charge in [-0.1, -0.05) is 12.8 Å². The van der Waals surface area contributed by atoms with E-state index in [-0.39, 0.29) is 5.91 Å². The number of nitrogens with zero attached hydrogens (tertiary/aromatic N) is 1. The van der Waals surface area contributed by atoms with Gasteiger partial charge in [0, 0.05) is 24.8 Å². The predicted octanol–water partition coefficient (Wildman–Crippen LogP) is 2.12. The van der Waals surface area contributed by atoms with Crippen LogP contribution in [0.2, 0.25) is 0 Å². The third-order valence-electron chi connectivity index (χ3n) is 3.52. The zero-order valence-corrected chi connectivity index (χ0v) is 12.2. The second kappa shape index (κ2) is 7.24. The maximum atomic E-state index is 12.0. The smallest absolute Gasteiger partial charge is 0.251 e. The number of amides is 1. The number of nitrogens with one attached hydrogen (secondary N) is 2. The van der Waals surface area contributed by atoms with Gasteiger partial charge < -0.3 is 15.4 Å². The Morgan fingerprint density at radius 2 is 2.15 bits per heavy atom. The first-order valence-corrected chi connectivity index (χ1v) is 7.25. The van der Waals surface area contributed by atoms with Gasteiger partial charge in [0.25, 0.3) is 5.91 Å². The largest absolute Gasteiger partial charge is 0.376 e. The average molecular weight is 277 g/mol. The topological polar surface area (TPSA) is 63.2 Å². The highest BCUT2D eigenvalue weighted by atomic mass is 16.5. The lowest BCUT2D eigenvalue weighted by atomic mass is 10.2. The van der Waals surface area contributed by atoms with Crippen LogP contribution in [-0.4, -0.2) is 37.2 Å². The van der Waals surface area contributed by atoms with Gasteiger partial charge in [0.15, 0.2) is 0 Å². The summed E-state index contributed by atoms with van der Waals surface area (Å²) in [6, 6.07) is 3.54. The summed E-state index contributed by atoms with van der Waals surface area (Å²) in [5.74, 6) is 0.624. The summed E-state index contributed by atoms with van der Waals surface area (Å²) in [6.07, 6.45) is 5.23. The van der Waals surface area contributed by atoms with Crippen molar-refractivity contribution in [2.24, 2.45) is 0 Å². The molecule has 1 aromatic heterocycles. The molecule has 1 aliphatic rings. The van der Waals surface area contributed by atoms with Crippen molar-refractivity contribution in [3.8, 4) is 0 Å². The van der Waals surface area contributed by atoms with Crippen LogP contribution in [0.15, 0.2) is 12.1 Å². The Balaban J connectivity index is 1.77. The number of carbonyl (C=O) groups is 1. The molecular formula is C15H23N3O2. The number of hydrogen-bond acceptors (Lipinski definition) is 4. The summed E-state index contributed by atoms with van der Waals surface area (Å²) in [4.78, 5) is 16.3. The molecule has 5 heteroatoms. The van der Waals surface area contributed by atoms with E-state index in [0.29, 0.717) is 30.6 Å². The van der Waals surface area contributed by atoms with E-state index in [9.17, 15) is 4.79 Å². The summed E-state index contributed by atoms with van der Waals surface area (Å²) < 4.78 is 5.72. The minimum atomic E-state index is -0.0815. The predicted molar refractivity (Wildman–Crippen MR) is 79.1 cm³/mol. The molecule has 1 aromatic rings. The quantitative estimate of drug-likeness (QED) is 0.782. The average Bonchev–Trinajstić information content (AvgIpc) is 2.95. The van der Waals surface area contributed by atoms with Crippen molar-refractivity contribution < 1.29 is 9.53 Å². The number of aryl methyl sites for hydroxylation is 1. The molecule has 1 saturated carbocycles. The van der Waals surface area contributed by atoms with Crippen LogP contribution in [-0.2, 0) is 4.74 Å². The van der Waals surface area contributed by atoms with Crippen molar-refractivity contribution in [1.29, 1.82) is 0 Å². The van der Waals surface area contributed by atoms with Crippen LogP contribution in [0, 0.1) is 6.92 Å². The highest BCUT2D eigenvalue weighted by Gasteiger charge is 2.15. The van der Waals surface area contributed by atoms with Gasteiger partial charge in [-0.25, -0.2) is 4.98 Å². The summed E-state index contributed by atoms with van der Waals surface area (Å²) in [5, 5.41) is 5.83. The molecule has 20 heavy (non-hydrogen) atoms. The summed E-state index contributed by atoms with van der Waals surface area (Å²) >= 11 is 0. The van der Waals surface area contributed by atoms with Gasteiger partial charge in [0.05, 0.1) is 12.7 Å². The van der Waals surface area contributed by atoms with E-state index in [1.165, 1.54) is 12.8 Å². The van der Waals surface area contributed by atoms with Crippen molar-refractivity contribution in [2.75, 3.05) is 25.5 Å². The van der Waals surface area contributed by atoms with Crippen LogP contribution < -0.4 is 10.6 Å². The lowest BCUT2D eigenvalue weighted by Crippen LogP contribution is -2.28. The highest BCUT2D eigenvalue weighted by molar-refractivity contribution is 5.94. The van der Waals surface area contributed by atoms with Gasteiger partial charge in [0.2, 0.25) is 0 Å². The van der Waals surface area contributed by atoms with Crippen molar-refractivity contribution in [1.82, 2.24) is 10.3 Å². The molecule has 5 nitrogen and oxygen atoms in total. The Labute approximate surface area is 120 Å². The third kappa shape index (κ3) is 4.20. The molecular weight excluding hydrogens is 254 g/mol. The molecule has 110 valence electrons. The molecule has 0 radical (unpaired) electrons. The first-order chi connectivity index (χ1) is 9.69. The van der Waals surface area contributed by atoms with E-state index < -0.39 is 0 Å². The van der Waals surface area contributed by atoms with Crippen molar-refractivity contribution in [3.63, 3.8) is 0 Å². The fourth-order valence-corrected chi connectivity index (χ4v) is 2.47. The maximum absolute atomic E-state index is 12.0. The van der Waals surface area contributed by atoms with Gasteiger partial charge in [-0.15, -0.1) is 0 Å². The number of ether oxygens (including phenoxy) is 1. The fraction of sp³-hybridized carbons (Fsp3) is 0.600. The van der Waals surface area contributed by atoms with E-state index >= 15 is 0 Å². The van der Waals surface area contributed by atoms with Crippen LogP contribution in [0.5, 0.6) is 0 Å². The molecule has 1 fully saturated rings. The lowest BCUT2D eigenvalue weighted by molar-refractivity contribution is 0.0582. The SMILES string of the molecule is CNc1cc(C(=O)NCCOC2CCCC2)cc(C)n1. The van der Waals surface area contributed by atoms with Crippen LogP contribution >= 0.6 is 0 Å². The minimum Gasteiger partial charge on any atom is -0.376 e. The second-order valence-corrected chi connectivity index (χ2v) is 5.17. The van der Waals surface area contributed by atoms with Crippen LogP contribution in [0.1, 0.15) is 41.7 Å². The van der Waals surface area contributed by atoms with E-state index in [0.717, 1.165) is 18.5 Å². The number of pyridine rings is 1. The van der Waals surface area contributed by atoms with Crippen LogP contribution in [0.4, 0.5) is 5.82 Å². The molecule has 0 bridgehead atoms. The number of hydrogen-bond donors (Lipinski definition) is 2. The minimum absolute atomic E-state index is 0.0815. The van der Waals surface area contributed by atoms with E-state index in [2.05, 4.69) is 15.6 Å². The summed E-state index contributed by atoms with van der Waals surface area (Å²) in [5.41, 5.74) is 1.45. The molecule has 1 amide bonds. The molecule has 2 N–H and O–H groups in total. The van der Waals surface area contributed by atoms with Gasteiger partial charge in [-0.3, -0.25) is 4.79 Å². The third-order valence-corrected chi connectivity index (χ3v) is 3.52. The molecule has 0 atom stereocenters. The summed E-state index contributed by atoms with van der Waals surface area (Å²) in [6.45, 7) is 3.01. The van der Waals surface area contributed by atoms with Crippen molar-refractivity contribution in [2.45, 2.75) is 38.7 Å². The normalized spacial score (nSPS) is 15.3. The summed E-state index contributed by atoms with van der Waals surface area (Å²) in [7, 11) is 1.79. The van der Waals surface area contributed by atoms with Crippen LogP contribution in [0.3, 0.4) is 0 Å². The van der Waals surface area contributed by atoms with E-state index in [4.69, 9.17) is 4.74 Å². The molecule has 0 aromatic carbocycles. The first kappa shape index (κ1) is 14.8. The molecule has 0 saturated heterocycles. The van der Waals surface area contributed by atoms with E-state index in [1.54, 1.807) is 19.2 Å². The van der Waals surface area contributed by atoms with Crippen molar-refractivity contribution in [3.05, 3.63) is 23.4 Å². The number of aromatic nitrogens is 1. The Hall–Kier alpha value is -1.62. The molecule has 0 unspecified atom stereocenters. The van der Waals surface area contributed by atoms with Crippen molar-refractivity contribution >= 4 is 11.7 Å². The Kier molecular flexibility index (Phi) is 5.35. The lowest BCUT2D eigenvalue weighted by Gasteiger charge is -2.12. The Morgan fingerprint density at radius 3 is 2.85 bits per heavy atom. The van der Waals surface area contributed by atoms with Gasteiger partial charge >= 0.3 is 0 Å². The van der Waals surface area contributed by atoms with E-state index in [1.807, 2.05) is 6.92 Å². The van der Waals surface area contributed by atoms with Gasteiger partial charge in [0.1, 0.15) is 5.82 Å². The first-order valence-electron chi connectivity index (χ1n) is 7.25. The molecule has 1 aliphatic carbocycles.